The summed E-state index contributed by atoms with van der Waals surface area (Å²) in [7, 11) is 0. The van der Waals surface area contributed by atoms with Crippen molar-refractivity contribution in [3.8, 4) is 0 Å². The summed E-state index contributed by atoms with van der Waals surface area (Å²) in [6.45, 7) is 6.27. The van der Waals surface area contributed by atoms with Gasteiger partial charge in [0.1, 0.15) is 6.10 Å². The molecule has 1 aromatic heterocycles. The van der Waals surface area contributed by atoms with Crippen molar-refractivity contribution in [3.05, 3.63) is 64.5 Å². The fraction of sp³-hybridized carbons (Fsp3) is 0.353. The lowest BCUT2D eigenvalue weighted by atomic mass is 9.94. The summed E-state index contributed by atoms with van der Waals surface area (Å²) in [5.74, 6) is 0. The van der Waals surface area contributed by atoms with Crippen molar-refractivity contribution < 1.29 is 5.11 Å². The predicted molar refractivity (Wildman–Crippen MR) is 78.2 cm³/mol. The van der Waals surface area contributed by atoms with E-state index in [4.69, 9.17) is 0 Å². The number of pyridine rings is 1. The second-order valence-electron chi connectivity index (χ2n) is 4.99. The Hall–Kier alpha value is -1.67. The molecule has 0 saturated carbocycles. The molecular formula is C17H21NO. The number of benzene rings is 1. The standard InChI is InChI=1S/C17H21NO/c1-4-14-9-6-10-18-17(14)16(19)11-15-12(2)7-5-8-13(15)3/h5-10,16,19H,4,11H2,1-3H3. The highest BCUT2D eigenvalue weighted by Crippen LogP contribution is 2.24. The molecule has 0 fully saturated rings. The normalized spacial score (nSPS) is 12.4. The summed E-state index contributed by atoms with van der Waals surface area (Å²) in [6.07, 6.45) is 2.74. The maximum Gasteiger partial charge on any atom is 0.100 e. The number of aromatic nitrogens is 1. The summed E-state index contributed by atoms with van der Waals surface area (Å²) in [4.78, 5) is 4.35. The van der Waals surface area contributed by atoms with Crippen molar-refractivity contribution in [2.75, 3.05) is 0 Å². The first-order valence-corrected chi connectivity index (χ1v) is 6.80. The first-order valence-electron chi connectivity index (χ1n) is 6.80. The second-order valence-corrected chi connectivity index (χ2v) is 4.99. The SMILES string of the molecule is CCc1cccnc1C(O)Cc1c(C)cccc1C. The number of hydrogen-bond acceptors (Lipinski definition) is 2. The predicted octanol–water partition coefficient (Wildman–Crippen LogP) is 3.54. The molecule has 0 amide bonds. The second kappa shape index (κ2) is 5.98. The van der Waals surface area contributed by atoms with E-state index in [1.807, 2.05) is 12.1 Å². The van der Waals surface area contributed by atoms with Gasteiger partial charge in [-0.25, -0.2) is 0 Å². The zero-order chi connectivity index (χ0) is 13.8. The van der Waals surface area contributed by atoms with Gasteiger partial charge < -0.3 is 5.11 Å². The summed E-state index contributed by atoms with van der Waals surface area (Å²) in [5, 5.41) is 10.5. The van der Waals surface area contributed by atoms with Crippen LogP contribution < -0.4 is 0 Å². The van der Waals surface area contributed by atoms with E-state index < -0.39 is 6.10 Å². The molecule has 19 heavy (non-hydrogen) atoms. The molecule has 0 aliphatic rings. The average molecular weight is 255 g/mol. The van der Waals surface area contributed by atoms with Gasteiger partial charge in [-0.3, -0.25) is 4.98 Å². The highest BCUT2D eigenvalue weighted by molar-refractivity contribution is 5.35. The first-order chi connectivity index (χ1) is 9.13. The molecule has 0 bridgehead atoms. The number of aryl methyl sites for hydroxylation is 3. The fourth-order valence-corrected chi connectivity index (χ4v) is 2.51. The molecule has 0 radical (unpaired) electrons. The third-order valence-electron chi connectivity index (χ3n) is 3.66. The molecular weight excluding hydrogens is 234 g/mol. The van der Waals surface area contributed by atoms with Gasteiger partial charge in [-0.15, -0.1) is 0 Å². The van der Waals surface area contributed by atoms with Crippen LogP contribution in [0.1, 0.15) is 41.0 Å². The molecule has 1 aromatic carbocycles. The molecule has 1 heterocycles. The van der Waals surface area contributed by atoms with Gasteiger partial charge in [0.05, 0.1) is 5.69 Å². The smallest absolute Gasteiger partial charge is 0.100 e. The minimum atomic E-state index is -0.532. The van der Waals surface area contributed by atoms with Crippen molar-refractivity contribution in [3.63, 3.8) is 0 Å². The van der Waals surface area contributed by atoms with Crippen molar-refractivity contribution >= 4 is 0 Å². The topological polar surface area (TPSA) is 33.1 Å². The van der Waals surface area contributed by atoms with Gasteiger partial charge >= 0.3 is 0 Å². The van der Waals surface area contributed by atoms with Crippen LogP contribution in [0.15, 0.2) is 36.5 Å². The Morgan fingerprint density at radius 1 is 1.11 bits per heavy atom. The van der Waals surface area contributed by atoms with Gasteiger partial charge in [-0.05, 0) is 48.6 Å². The molecule has 2 aromatic rings. The minimum absolute atomic E-state index is 0.532. The van der Waals surface area contributed by atoms with Crippen LogP contribution in [-0.4, -0.2) is 10.1 Å². The zero-order valence-electron chi connectivity index (χ0n) is 11.9. The van der Waals surface area contributed by atoms with E-state index in [1.54, 1.807) is 6.20 Å². The number of nitrogens with zero attached hydrogens (tertiary/aromatic N) is 1. The molecule has 2 nitrogen and oxygen atoms in total. The summed E-state index contributed by atoms with van der Waals surface area (Å²) in [6, 6.07) is 10.2. The molecule has 1 unspecified atom stereocenters. The lowest BCUT2D eigenvalue weighted by molar-refractivity contribution is 0.172. The number of hydrogen-bond donors (Lipinski definition) is 1. The molecule has 2 heteroatoms. The lowest BCUT2D eigenvalue weighted by Gasteiger charge is -2.16. The van der Waals surface area contributed by atoms with Gasteiger partial charge in [0.25, 0.3) is 0 Å². The highest BCUT2D eigenvalue weighted by atomic mass is 16.3. The molecule has 0 aliphatic heterocycles. The number of aliphatic hydroxyl groups excluding tert-OH is 1. The number of rotatable bonds is 4. The molecule has 1 atom stereocenters. The molecule has 0 saturated heterocycles. The molecule has 2 rings (SSSR count). The van der Waals surface area contributed by atoms with Gasteiger partial charge in [0.2, 0.25) is 0 Å². The van der Waals surface area contributed by atoms with Gasteiger partial charge in [-0.1, -0.05) is 31.2 Å². The molecule has 0 spiro atoms. The Bertz CT molecular complexity index is 543. The van der Waals surface area contributed by atoms with E-state index in [2.05, 4.69) is 44.0 Å². The van der Waals surface area contributed by atoms with Crippen LogP contribution in [0.5, 0.6) is 0 Å². The maximum absolute atomic E-state index is 10.5. The lowest BCUT2D eigenvalue weighted by Crippen LogP contribution is -2.09. The monoisotopic (exact) mass is 255 g/mol. The number of aliphatic hydroxyl groups is 1. The largest absolute Gasteiger partial charge is 0.386 e. The summed E-state index contributed by atoms with van der Waals surface area (Å²) < 4.78 is 0. The Morgan fingerprint density at radius 2 is 1.79 bits per heavy atom. The minimum Gasteiger partial charge on any atom is -0.386 e. The van der Waals surface area contributed by atoms with Crippen LogP contribution in [0.25, 0.3) is 0 Å². The van der Waals surface area contributed by atoms with Crippen LogP contribution in [0.4, 0.5) is 0 Å². The Morgan fingerprint density at radius 3 is 2.42 bits per heavy atom. The van der Waals surface area contributed by atoms with Gasteiger partial charge in [0.15, 0.2) is 0 Å². The van der Waals surface area contributed by atoms with Crippen molar-refractivity contribution in [2.45, 2.75) is 39.7 Å². The molecule has 100 valence electrons. The van der Waals surface area contributed by atoms with E-state index in [1.165, 1.54) is 16.7 Å². The Balaban J connectivity index is 2.28. The van der Waals surface area contributed by atoms with Crippen LogP contribution in [0.3, 0.4) is 0 Å². The first kappa shape index (κ1) is 13.8. The molecule has 1 N–H and O–H groups in total. The average Bonchev–Trinajstić information content (AvgIpc) is 2.42. The van der Waals surface area contributed by atoms with E-state index in [-0.39, 0.29) is 0 Å². The quantitative estimate of drug-likeness (QED) is 0.906. The van der Waals surface area contributed by atoms with Crippen molar-refractivity contribution in [1.82, 2.24) is 4.98 Å². The Labute approximate surface area is 115 Å². The van der Waals surface area contributed by atoms with E-state index in [9.17, 15) is 5.11 Å². The molecule has 0 aliphatic carbocycles. The third kappa shape index (κ3) is 3.02. The summed E-state index contributed by atoms with van der Waals surface area (Å²) >= 11 is 0. The highest BCUT2D eigenvalue weighted by Gasteiger charge is 2.15. The van der Waals surface area contributed by atoms with Crippen molar-refractivity contribution in [2.24, 2.45) is 0 Å². The van der Waals surface area contributed by atoms with Crippen LogP contribution in [-0.2, 0) is 12.8 Å². The van der Waals surface area contributed by atoms with Crippen molar-refractivity contribution in [1.29, 1.82) is 0 Å². The maximum atomic E-state index is 10.5. The zero-order valence-corrected chi connectivity index (χ0v) is 11.9. The summed E-state index contributed by atoms with van der Waals surface area (Å²) in [5.41, 5.74) is 5.62. The third-order valence-corrected chi connectivity index (χ3v) is 3.66. The van der Waals surface area contributed by atoms with Gasteiger partial charge in [0, 0.05) is 12.6 Å². The van der Waals surface area contributed by atoms with Gasteiger partial charge in [-0.2, -0.15) is 0 Å². The van der Waals surface area contributed by atoms with E-state index in [0.717, 1.165) is 17.7 Å². The van der Waals surface area contributed by atoms with Crippen LogP contribution in [0, 0.1) is 13.8 Å². The van der Waals surface area contributed by atoms with E-state index >= 15 is 0 Å². The van der Waals surface area contributed by atoms with Crippen LogP contribution in [0.2, 0.25) is 0 Å². The van der Waals surface area contributed by atoms with E-state index in [0.29, 0.717) is 6.42 Å². The fourth-order valence-electron chi connectivity index (χ4n) is 2.51. The Kier molecular flexibility index (Phi) is 4.33. The van der Waals surface area contributed by atoms with Crippen LogP contribution >= 0.6 is 0 Å².